The molecule has 0 unspecified atom stereocenters. The first-order valence-electron chi connectivity index (χ1n) is 8.40. The van der Waals surface area contributed by atoms with Gasteiger partial charge in [0.2, 0.25) is 11.1 Å². The van der Waals surface area contributed by atoms with Crippen molar-refractivity contribution in [2.75, 3.05) is 23.5 Å². The van der Waals surface area contributed by atoms with E-state index in [0.29, 0.717) is 23.3 Å². The van der Waals surface area contributed by atoms with E-state index < -0.39 is 0 Å². The summed E-state index contributed by atoms with van der Waals surface area (Å²) >= 11 is 11.5. The Morgan fingerprint density at radius 3 is 2.62 bits per heavy atom. The Bertz CT molecular complexity index is 1020. The van der Waals surface area contributed by atoms with Crippen LogP contribution in [-0.4, -0.2) is 33.1 Å². The first kappa shape index (κ1) is 22.1. The zero-order valence-electron chi connectivity index (χ0n) is 15.2. The van der Waals surface area contributed by atoms with Gasteiger partial charge in [-0.3, -0.25) is 4.79 Å². The Morgan fingerprint density at radius 2 is 1.93 bits per heavy atom. The van der Waals surface area contributed by atoms with Crippen LogP contribution in [0.5, 0.6) is 5.75 Å². The Morgan fingerprint density at radius 1 is 1.21 bits per heavy atom. The Balaban J connectivity index is 1.68. The minimum atomic E-state index is -0.193. The molecule has 1 amide bonds. The molecule has 0 aliphatic heterocycles. The normalized spacial score (nSPS) is 10.8. The average Bonchev–Trinajstić information content (AvgIpc) is 3.04. The number of hydrogen-bond donors (Lipinski definition) is 2. The molecule has 1 heterocycles. The lowest BCUT2D eigenvalue weighted by atomic mass is 10.2. The van der Waals surface area contributed by atoms with Gasteiger partial charge in [-0.05, 0) is 63.0 Å². The first-order valence-corrected chi connectivity index (χ1v) is 11.8. The lowest BCUT2D eigenvalue weighted by molar-refractivity contribution is -0.113. The zero-order chi connectivity index (χ0) is 21.0. The molecule has 11 heteroatoms. The molecule has 0 spiro atoms. The number of nitrogen functional groups attached to an aromatic ring is 1. The monoisotopic (exact) mass is 603 g/mol. The van der Waals surface area contributed by atoms with Crippen molar-refractivity contribution in [3.63, 3.8) is 0 Å². The van der Waals surface area contributed by atoms with E-state index >= 15 is 0 Å². The molecule has 0 saturated heterocycles. The fraction of sp³-hybridized carbons (Fsp3) is 0.167. The molecule has 3 N–H and O–H groups in total. The van der Waals surface area contributed by atoms with Crippen molar-refractivity contribution in [1.82, 2.24) is 14.9 Å². The van der Waals surface area contributed by atoms with Gasteiger partial charge in [-0.2, -0.15) is 0 Å². The molecule has 0 bridgehead atoms. The summed E-state index contributed by atoms with van der Waals surface area (Å²) in [5.41, 5.74) is 1.44. The molecule has 0 aliphatic carbocycles. The summed E-state index contributed by atoms with van der Waals surface area (Å²) in [5.74, 6) is 7.30. The maximum atomic E-state index is 12.4. The number of hydrogen-bond acceptors (Lipinski definition) is 6. The summed E-state index contributed by atoms with van der Waals surface area (Å²) < 4.78 is 9.29. The Kier molecular flexibility index (Phi) is 7.60. The highest BCUT2D eigenvalue weighted by atomic mass is 79.9. The van der Waals surface area contributed by atoms with Crippen LogP contribution >= 0.6 is 59.6 Å². The molecule has 0 fully saturated rings. The highest BCUT2D eigenvalue weighted by Gasteiger charge is 2.16. The van der Waals surface area contributed by atoms with E-state index in [1.807, 2.05) is 43.3 Å². The third-order valence-electron chi connectivity index (χ3n) is 3.67. The fourth-order valence-corrected chi connectivity index (χ4v) is 5.54. The van der Waals surface area contributed by atoms with Crippen molar-refractivity contribution in [2.24, 2.45) is 0 Å². The topological polar surface area (TPSA) is 95.1 Å². The molecule has 0 atom stereocenters. The number of amides is 1. The van der Waals surface area contributed by atoms with Gasteiger partial charge >= 0.3 is 0 Å². The van der Waals surface area contributed by atoms with Crippen LogP contribution in [0.4, 0.5) is 5.69 Å². The molecule has 29 heavy (non-hydrogen) atoms. The van der Waals surface area contributed by atoms with Crippen LogP contribution in [0.3, 0.4) is 0 Å². The van der Waals surface area contributed by atoms with Crippen molar-refractivity contribution in [3.05, 3.63) is 49.8 Å². The number of nitrogens with zero attached hydrogens (tertiary/aromatic N) is 3. The van der Waals surface area contributed by atoms with Crippen LogP contribution in [0.2, 0.25) is 0 Å². The van der Waals surface area contributed by atoms with E-state index in [9.17, 15) is 4.79 Å². The summed E-state index contributed by atoms with van der Waals surface area (Å²) in [5, 5.41) is 11.5. The summed E-state index contributed by atoms with van der Waals surface area (Å²) in [7, 11) is 0. The van der Waals surface area contributed by atoms with E-state index in [4.69, 9.17) is 10.6 Å². The number of aromatic nitrogens is 3. The fourth-order valence-electron chi connectivity index (χ4n) is 2.43. The van der Waals surface area contributed by atoms with Crippen molar-refractivity contribution >= 4 is 71.1 Å². The van der Waals surface area contributed by atoms with E-state index in [0.717, 1.165) is 24.7 Å². The van der Waals surface area contributed by atoms with Gasteiger partial charge in [0.1, 0.15) is 5.75 Å². The molecule has 2 aromatic carbocycles. The number of nitrogens with two attached hydrogens (primary N) is 1. The molecule has 0 radical (unpaired) electrons. The van der Waals surface area contributed by atoms with Gasteiger partial charge < -0.3 is 15.9 Å². The van der Waals surface area contributed by atoms with Gasteiger partial charge in [0.15, 0.2) is 5.82 Å². The van der Waals surface area contributed by atoms with Crippen LogP contribution in [0, 0.1) is 0 Å². The smallest absolute Gasteiger partial charge is 0.234 e. The highest BCUT2D eigenvalue weighted by molar-refractivity contribution is 9.11. The molecular weight excluding hydrogens is 590 g/mol. The van der Waals surface area contributed by atoms with Gasteiger partial charge in [-0.1, -0.05) is 39.8 Å². The molecule has 3 aromatic rings. The second-order valence-corrected chi connectivity index (χ2v) is 9.29. The number of carbonyl (C=O) groups excluding carboxylic acids is 1. The number of benzene rings is 2. The number of halogens is 3. The number of carbonyl (C=O) groups is 1. The van der Waals surface area contributed by atoms with Gasteiger partial charge in [-0.25, -0.2) is 4.68 Å². The van der Waals surface area contributed by atoms with Crippen LogP contribution in [0.1, 0.15) is 6.92 Å². The molecule has 3 rings (SSSR count). The standard InChI is InChI=1S/C18H16Br3N5O2S/c1-2-28-12-5-3-4-10(6-12)17-24-25-18(26(17)22)29-9-15(27)23-16-13(20)7-11(19)8-14(16)21/h3-8H,2,9,22H2,1H3,(H,23,27). The number of rotatable bonds is 7. The Hall–Kier alpha value is -1.56. The maximum Gasteiger partial charge on any atom is 0.234 e. The quantitative estimate of drug-likeness (QED) is 0.288. The first-order chi connectivity index (χ1) is 13.9. The lowest BCUT2D eigenvalue weighted by Gasteiger charge is -2.10. The molecule has 1 aromatic heterocycles. The lowest BCUT2D eigenvalue weighted by Crippen LogP contribution is -2.17. The van der Waals surface area contributed by atoms with E-state index in [-0.39, 0.29) is 11.7 Å². The summed E-state index contributed by atoms with van der Waals surface area (Å²) in [6.07, 6.45) is 0. The van der Waals surface area contributed by atoms with E-state index in [2.05, 4.69) is 63.3 Å². The number of thioether (sulfide) groups is 1. The highest BCUT2D eigenvalue weighted by Crippen LogP contribution is 2.34. The molecule has 7 nitrogen and oxygen atoms in total. The SMILES string of the molecule is CCOc1cccc(-c2nnc(SCC(=O)Nc3c(Br)cc(Br)cc3Br)n2N)c1. The number of nitrogens with one attached hydrogen (secondary N) is 1. The van der Waals surface area contributed by atoms with Gasteiger partial charge in [0, 0.05) is 19.0 Å². The van der Waals surface area contributed by atoms with Crippen LogP contribution in [-0.2, 0) is 4.79 Å². The largest absolute Gasteiger partial charge is 0.494 e. The maximum absolute atomic E-state index is 12.4. The van der Waals surface area contributed by atoms with E-state index in [1.165, 1.54) is 16.4 Å². The van der Waals surface area contributed by atoms with Crippen molar-refractivity contribution in [3.8, 4) is 17.1 Å². The van der Waals surface area contributed by atoms with Gasteiger partial charge in [0.05, 0.1) is 18.0 Å². The van der Waals surface area contributed by atoms with Crippen molar-refractivity contribution in [2.45, 2.75) is 12.1 Å². The number of ether oxygens (including phenoxy) is 1. The predicted molar refractivity (Wildman–Crippen MR) is 126 cm³/mol. The van der Waals surface area contributed by atoms with Gasteiger partial charge in [0.25, 0.3) is 0 Å². The number of anilines is 1. The van der Waals surface area contributed by atoms with Crippen molar-refractivity contribution in [1.29, 1.82) is 0 Å². The molecule has 0 aliphatic rings. The third kappa shape index (κ3) is 5.53. The van der Waals surface area contributed by atoms with Crippen LogP contribution in [0.25, 0.3) is 11.4 Å². The van der Waals surface area contributed by atoms with Crippen molar-refractivity contribution < 1.29 is 9.53 Å². The molecular formula is C18H16Br3N5O2S. The second kappa shape index (κ2) is 9.96. The zero-order valence-corrected chi connectivity index (χ0v) is 20.7. The van der Waals surface area contributed by atoms with Gasteiger partial charge in [-0.15, -0.1) is 10.2 Å². The summed E-state index contributed by atoms with van der Waals surface area (Å²) in [6, 6.07) is 11.2. The predicted octanol–water partition coefficient (Wildman–Crippen LogP) is 5.08. The molecule has 152 valence electrons. The average molecular weight is 606 g/mol. The molecule has 0 saturated carbocycles. The second-order valence-electron chi connectivity index (χ2n) is 5.72. The van der Waals surface area contributed by atoms with Crippen LogP contribution < -0.4 is 15.9 Å². The minimum absolute atomic E-state index is 0.128. The minimum Gasteiger partial charge on any atom is -0.494 e. The summed E-state index contributed by atoms with van der Waals surface area (Å²) in [6.45, 7) is 2.49. The summed E-state index contributed by atoms with van der Waals surface area (Å²) in [4.78, 5) is 12.4. The van der Waals surface area contributed by atoms with E-state index in [1.54, 1.807) is 0 Å². The Labute approximate surface area is 197 Å². The third-order valence-corrected chi connectivity index (χ3v) is 6.32. The van der Waals surface area contributed by atoms with Crippen LogP contribution in [0.15, 0.2) is 55.0 Å².